The number of phosphoric ester groups is 1. The second-order valence-electron chi connectivity index (χ2n) is 30.0. The molecule has 0 saturated carbocycles. The van der Waals surface area contributed by atoms with E-state index in [1.54, 1.807) is 0 Å². The Morgan fingerprint density at radius 3 is 1.15 bits per heavy atom. The Labute approximate surface area is 622 Å². The van der Waals surface area contributed by atoms with Gasteiger partial charge in [-0.2, -0.15) is 0 Å². The number of carbonyl (C=O) groups is 5. The smallest absolute Gasteiger partial charge is 0.462 e. The molecular formula is C80H151N2O20P. The summed E-state index contributed by atoms with van der Waals surface area (Å²) in [4.78, 5) is 90.9. The number of hydrogen-bond donors (Lipinski definition) is 9. The summed E-state index contributed by atoms with van der Waals surface area (Å²) < 4.78 is 54.7. The van der Waals surface area contributed by atoms with Crippen LogP contribution in [0.25, 0.3) is 0 Å². The van der Waals surface area contributed by atoms with Gasteiger partial charge in [-0.3, -0.25) is 28.5 Å². The molecule has 0 radical (unpaired) electrons. The van der Waals surface area contributed by atoms with Crippen LogP contribution in [0.5, 0.6) is 0 Å². The van der Waals surface area contributed by atoms with Gasteiger partial charge in [0, 0.05) is 12.8 Å². The highest BCUT2D eigenvalue weighted by Crippen LogP contribution is 2.43. The number of hydrogen-bond acceptors (Lipinski definition) is 18. The number of carbonyl (C=O) groups excluding carboxylic acids is 5. The van der Waals surface area contributed by atoms with Crippen LogP contribution >= 0.6 is 7.82 Å². The Kier molecular flexibility index (Phi) is 58.8. The normalized spacial score (nSPS) is 21.6. The van der Waals surface area contributed by atoms with E-state index in [4.69, 9.17) is 32.9 Å². The second kappa shape index (κ2) is 63.0. The maximum atomic E-state index is 14.8. The lowest BCUT2D eigenvalue weighted by Gasteiger charge is -2.46. The van der Waals surface area contributed by atoms with Crippen molar-refractivity contribution in [1.82, 2.24) is 10.6 Å². The van der Waals surface area contributed by atoms with Crippen LogP contribution in [-0.4, -0.2) is 158 Å². The van der Waals surface area contributed by atoms with Gasteiger partial charge in [-0.1, -0.05) is 311 Å². The summed E-state index contributed by atoms with van der Waals surface area (Å²) in [5.41, 5.74) is 0. The monoisotopic (exact) mass is 1490 g/mol. The fraction of sp³-hybridized carbons (Fsp3) is 0.938. The first-order valence-electron chi connectivity index (χ1n) is 42.0. The lowest BCUT2D eigenvalue weighted by molar-refractivity contribution is -0.297. The third-order valence-corrected chi connectivity index (χ3v) is 20.9. The van der Waals surface area contributed by atoms with Crippen molar-refractivity contribution in [2.24, 2.45) is 0 Å². The van der Waals surface area contributed by atoms with Crippen LogP contribution in [0, 0.1) is 0 Å². The van der Waals surface area contributed by atoms with Gasteiger partial charge in [0.25, 0.3) is 0 Å². The molecule has 22 nitrogen and oxygen atoms in total. The molecule has 2 aliphatic rings. The Bertz CT molecular complexity index is 2140. The summed E-state index contributed by atoms with van der Waals surface area (Å²) in [6.07, 6.45) is 31.8. The van der Waals surface area contributed by atoms with E-state index in [0.29, 0.717) is 51.4 Å². The van der Waals surface area contributed by atoms with Crippen LogP contribution in [0.1, 0.15) is 388 Å². The standard InChI is InChI=1S/C80H151N2O20P/c1-6-11-16-21-26-31-32-37-42-47-52-57-71(88)98-65(55-50-45-40-35-29-24-19-14-9-4)60-72(89)101-78-74(82-69(86)59-64(54-49-44-39-34-28-23-18-13-8-3)97-70(87)56-51-46-41-36-30-25-20-15-10-5)80(100-66(61-83)77(78)102-103(93,94)95)96-62-67-75(90)76(91)73(79(92)99-67)81-68(85)58-63(84)53-48-43-38-33-27-22-17-12-7-2/h63-67,73-80,83-84,90-92H,6-62H2,1-5H3,(H,81,85)(H,82,86)(H2,93,94,95)/t63-,64-,65-,66?,67?,73?,74?,75-,76-,77-,78-,79-,80-/m1/s1. The lowest BCUT2D eigenvalue weighted by atomic mass is 9.95. The average Bonchev–Trinajstić information content (AvgIpc) is 0.783. The topological polar surface area (TPSA) is 333 Å². The van der Waals surface area contributed by atoms with E-state index in [-0.39, 0.29) is 19.3 Å². The van der Waals surface area contributed by atoms with E-state index in [9.17, 15) is 63.9 Å². The average molecular weight is 1490 g/mol. The van der Waals surface area contributed by atoms with Crippen LogP contribution in [0.3, 0.4) is 0 Å². The van der Waals surface area contributed by atoms with Crippen molar-refractivity contribution in [2.45, 2.75) is 467 Å². The second-order valence-corrected chi connectivity index (χ2v) is 31.2. The van der Waals surface area contributed by atoms with Crippen molar-refractivity contribution in [3.05, 3.63) is 0 Å². The zero-order valence-electron chi connectivity index (χ0n) is 65.2. The number of esters is 3. The fourth-order valence-corrected chi connectivity index (χ4v) is 14.6. The minimum atomic E-state index is -5.55. The maximum absolute atomic E-state index is 14.8. The van der Waals surface area contributed by atoms with Crippen LogP contribution in [-0.2, 0) is 61.5 Å². The zero-order valence-corrected chi connectivity index (χ0v) is 66.1. The molecular weight excluding hydrogens is 1340 g/mol. The third kappa shape index (κ3) is 49.0. The van der Waals surface area contributed by atoms with Crippen molar-refractivity contribution in [1.29, 1.82) is 0 Å². The maximum Gasteiger partial charge on any atom is 0.470 e. The van der Waals surface area contributed by atoms with Gasteiger partial charge in [0.15, 0.2) is 18.7 Å². The molecule has 0 aromatic rings. The van der Waals surface area contributed by atoms with Gasteiger partial charge in [-0.15, -0.1) is 0 Å². The van der Waals surface area contributed by atoms with E-state index in [0.717, 1.165) is 154 Å². The van der Waals surface area contributed by atoms with Crippen molar-refractivity contribution in [2.75, 3.05) is 13.2 Å². The number of rotatable bonds is 69. The Hall–Kier alpha value is -2.86. The quantitative estimate of drug-likeness (QED) is 0.0118. The molecule has 23 heteroatoms. The molecule has 0 spiro atoms. The summed E-state index contributed by atoms with van der Waals surface area (Å²) in [6.45, 7) is 9.17. The van der Waals surface area contributed by atoms with Crippen LogP contribution < -0.4 is 10.6 Å². The number of phosphoric acid groups is 1. The summed E-state index contributed by atoms with van der Waals surface area (Å²) in [5, 5.41) is 61.2. The highest BCUT2D eigenvalue weighted by Gasteiger charge is 2.53. The molecule has 2 fully saturated rings. The molecule has 2 saturated heterocycles. The molecule has 13 atom stereocenters. The van der Waals surface area contributed by atoms with Gasteiger partial charge in [-0.05, 0) is 44.9 Å². The molecule has 103 heavy (non-hydrogen) atoms. The minimum absolute atomic E-state index is 0.130. The molecule has 2 rings (SSSR count). The molecule has 2 amide bonds. The number of aliphatic hydroxyl groups excluding tert-OH is 5. The van der Waals surface area contributed by atoms with E-state index in [1.165, 1.54) is 116 Å². The molecule has 4 unspecified atom stereocenters. The van der Waals surface area contributed by atoms with E-state index in [2.05, 4.69) is 45.3 Å². The van der Waals surface area contributed by atoms with Crippen molar-refractivity contribution >= 4 is 37.5 Å². The van der Waals surface area contributed by atoms with Gasteiger partial charge in [-0.25, -0.2) is 4.57 Å². The molecule has 0 aliphatic carbocycles. The first-order valence-corrected chi connectivity index (χ1v) is 43.5. The summed E-state index contributed by atoms with van der Waals surface area (Å²) in [5.74, 6) is -3.46. The lowest BCUT2D eigenvalue weighted by Crippen LogP contribution is -2.67. The number of ether oxygens (including phenoxy) is 6. The highest BCUT2D eigenvalue weighted by molar-refractivity contribution is 7.46. The van der Waals surface area contributed by atoms with Gasteiger partial charge in [0.2, 0.25) is 11.8 Å². The first-order chi connectivity index (χ1) is 49.8. The largest absolute Gasteiger partial charge is 0.470 e. The van der Waals surface area contributed by atoms with Crippen molar-refractivity contribution < 1.29 is 96.8 Å². The zero-order chi connectivity index (χ0) is 75.6. The van der Waals surface area contributed by atoms with Gasteiger partial charge in [0.1, 0.15) is 54.8 Å². The summed E-state index contributed by atoms with van der Waals surface area (Å²) in [7, 11) is -5.55. The minimum Gasteiger partial charge on any atom is -0.462 e. The molecule has 2 aliphatic heterocycles. The molecule has 606 valence electrons. The van der Waals surface area contributed by atoms with Gasteiger partial charge < -0.3 is 74.4 Å². The van der Waals surface area contributed by atoms with Crippen LogP contribution in [0.4, 0.5) is 0 Å². The van der Waals surface area contributed by atoms with Crippen molar-refractivity contribution in [3.63, 3.8) is 0 Å². The molecule has 0 aromatic heterocycles. The van der Waals surface area contributed by atoms with Gasteiger partial charge in [0.05, 0.1) is 38.6 Å². The Morgan fingerprint density at radius 1 is 0.408 bits per heavy atom. The number of amides is 2. The fourth-order valence-electron chi connectivity index (χ4n) is 14.1. The SMILES string of the molecule is CCCCCCCCCCCCCC(=O)O[C@H](CCCCCCCCCCC)CC(=O)O[C@@H]1C(NC(=O)C[C@@H](CCCCCCCCCCC)OC(=O)CCCCCCCCCCC)[C@H](OCC2O[C@@H](O)C(NC(=O)C[C@H](O)CCCCCCCCCCC)[C@@H](O)[C@@H]2O)OC(CO)[C@H]1OP(=O)(O)O. The van der Waals surface area contributed by atoms with Crippen LogP contribution in [0.15, 0.2) is 0 Å². The predicted molar refractivity (Wildman–Crippen MR) is 403 cm³/mol. The Balaban J connectivity index is 2.53. The van der Waals surface area contributed by atoms with Crippen LogP contribution in [0.2, 0.25) is 0 Å². The number of nitrogens with one attached hydrogen (secondary N) is 2. The first kappa shape index (κ1) is 96.2. The highest BCUT2D eigenvalue weighted by atomic mass is 31.2. The van der Waals surface area contributed by atoms with Crippen molar-refractivity contribution in [3.8, 4) is 0 Å². The number of aliphatic hydroxyl groups is 5. The van der Waals surface area contributed by atoms with E-state index < -0.39 is 143 Å². The molecule has 0 aromatic carbocycles. The summed E-state index contributed by atoms with van der Waals surface area (Å²) >= 11 is 0. The van der Waals surface area contributed by atoms with Gasteiger partial charge >= 0.3 is 25.7 Å². The Morgan fingerprint density at radius 2 is 0.757 bits per heavy atom. The molecule has 9 N–H and O–H groups in total. The van der Waals surface area contributed by atoms with E-state index in [1.807, 2.05) is 0 Å². The molecule has 2 heterocycles. The predicted octanol–water partition coefficient (Wildman–Crippen LogP) is 16.3. The third-order valence-electron chi connectivity index (χ3n) is 20.3. The van der Waals surface area contributed by atoms with E-state index >= 15 is 0 Å². The molecule has 0 bridgehead atoms. The number of unbranched alkanes of at least 4 members (excludes halogenated alkanes) is 42. The summed E-state index contributed by atoms with van der Waals surface area (Å²) in [6, 6.07) is -3.31.